The first-order chi connectivity index (χ1) is 9.40. The summed E-state index contributed by atoms with van der Waals surface area (Å²) in [6.45, 7) is 0. The fourth-order valence-electron chi connectivity index (χ4n) is 1.49. The molecule has 0 saturated carbocycles. The van der Waals surface area contributed by atoms with Gasteiger partial charge >= 0.3 is 0 Å². The summed E-state index contributed by atoms with van der Waals surface area (Å²) in [5.74, 6) is -5.78. The van der Waals surface area contributed by atoms with Crippen LogP contribution < -0.4 is 5.32 Å². The predicted octanol–water partition coefficient (Wildman–Crippen LogP) is 4.10. The molecule has 0 atom stereocenters. The summed E-state index contributed by atoms with van der Waals surface area (Å²) < 4.78 is 52.4. The Morgan fingerprint density at radius 2 is 1.70 bits per heavy atom. The van der Waals surface area contributed by atoms with Gasteiger partial charge in [0.25, 0.3) is 5.91 Å². The van der Waals surface area contributed by atoms with Crippen LogP contribution in [-0.2, 0) is 0 Å². The fourth-order valence-corrected chi connectivity index (χ4v) is 2.21. The maximum atomic E-state index is 13.4. The molecule has 0 bridgehead atoms. The number of carbonyl (C=O) groups is 1. The molecule has 0 aromatic heterocycles. The molecule has 2 aromatic carbocycles. The van der Waals surface area contributed by atoms with Crippen molar-refractivity contribution >= 4 is 34.2 Å². The molecular weight excluding hydrogens is 389 g/mol. The van der Waals surface area contributed by atoms with E-state index >= 15 is 0 Å². The lowest BCUT2D eigenvalue weighted by atomic mass is 10.2. The van der Waals surface area contributed by atoms with Gasteiger partial charge in [-0.2, -0.15) is 0 Å². The van der Waals surface area contributed by atoms with E-state index in [-0.39, 0.29) is 5.56 Å². The summed E-state index contributed by atoms with van der Waals surface area (Å²) in [7, 11) is 0. The molecule has 0 spiro atoms. The average Bonchev–Trinajstić information content (AvgIpc) is 2.39. The number of carbonyl (C=O) groups excluding carboxylic acids is 1. The Balaban J connectivity index is 2.30. The Morgan fingerprint density at radius 1 is 1.00 bits per heavy atom. The zero-order valence-corrected chi connectivity index (χ0v) is 11.8. The maximum absolute atomic E-state index is 13.4. The molecule has 20 heavy (non-hydrogen) atoms. The monoisotopic (exact) mass is 395 g/mol. The molecule has 1 N–H and O–H groups in total. The van der Waals surface area contributed by atoms with E-state index in [0.717, 1.165) is 18.2 Å². The van der Waals surface area contributed by atoms with Crippen LogP contribution >= 0.6 is 22.6 Å². The summed E-state index contributed by atoms with van der Waals surface area (Å²) in [5, 5.41) is 2.11. The fraction of sp³-hybridized carbons (Fsp3) is 0. The van der Waals surface area contributed by atoms with Crippen LogP contribution in [0.4, 0.5) is 23.2 Å². The highest BCUT2D eigenvalue weighted by Gasteiger charge is 2.17. The van der Waals surface area contributed by atoms with Gasteiger partial charge in [-0.05, 0) is 52.9 Å². The second-order valence-electron chi connectivity index (χ2n) is 3.80. The first-order valence-corrected chi connectivity index (χ1v) is 6.38. The molecule has 0 aliphatic heterocycles. The van der Waals surface area contributed by atoms with Gasteiger partial charge in [0.15, 0.2) is 17.5 Å². The van der Waals surface area contributed by atoms with Gasteiger partial charge in [0.2, 0.25) is 0 Å². The topological polar surface area (TPSA) is 29.1 Å². The summed E-state index contributed by atoms with van der Waals surface area (Å²) in [5.41, 5.74) is -0.398. The number of anilines is 1. The summed E-state index contributed by atoms with van der Waals surface area (Å²) in [6.07, 6.45) is 0. The molecule has 0 saturated heterocycles. The van der Waals surface area contributed by atoms with Crippen LogP contribution in [0.25, 0.3) is 0 Å². The van der Waals surface area contributed by atoms with Gasteiger partial charge in [-0.1, -0.05) is 0 Å². The van der Waals surface area contributed by atoms with Gasteiger partial charge in [-0.15, -0.1) is 0 Å². The smallest absolute Gasteiger partial charge is 0.256 e. The molecule has 2 rings (SSSR count). The van der Waals surface area contributed by atoms with Crippen molar-refractivity contribution in [1.29, 1.82) is 0 Å². The number of hydrogen-bond acceptors (Lipinski definition) is 1. The van der Waals surface area contributed by atoms with Crippen LogP contribution in [-0.4, -0.2) is 5.91 Å². The highest BCUT2D eigenvalue weighted by molar-refractivity contribution is 14.1. The molecule has 0 unspecified atom stereocenters. The minimum absolute atomic E-state index is 0.0936. The van der Waals surface area contributed by atoms with Gasteiger partial charge < -0.3 is 5.32 Å². The summed E-state index contributed by atoms with van der Waals surface area (Å²) in [6, 6.07) is 5.01. The highest BCUT2D eigenvalue weighted by atomic mass is 127. The lowest BCUT2D eigenvalue weighted by Crippen LogP contribution is -2.15. The Morgan fingerprint density at radius 3 is 2.35 bits per heavy atom. The minimum Gasteiger partial charge on any atom is -0.319 e. The standard InChI is InChI=1S/C13H6F4INO/c14-6-1-2-7(9(18)5-6)13(20)19-10-4-3-8(15)11(16)12(10)17/h1-5H,(H,19,20). The predicted molar refractivity (Wildman–Crippen MR) is 73.4 cm³/mol. The molecule has 7 heteroatoms. The van der Waals surface area contributed by atoms with E-state index in [4.69, 9.17) is 0 Å². The van der Waals surface area contributed by atoms with Gasteiger partial charge in [-0.25, -0.2) is 17.6 Å². The van der Waals surface area contributed by atoms with E-state index in [0.29, 0.717) is 9.64 Å². The van der Waals surface area contributed by atoms with Crippen molar-refractivity contribution < 1.29 is 22.4 Å². The van der Waals surface area contributed by atoms with Crippen molar-refractivity contribution in [2.75, 3.05) is 5.32 Å². The zero-order valence-electron chi connectivity index (χ0n) is 9.68. The van der Waals surface area contributed by atoms with Gasteiger partial charge in [0, 0.05) is 3.57 Å². The second kappa shape index (κ2) is 5.78. The van der Waals surface area contributed by atoms with Crippen molar-refractivity contribution in [1.82, 2.24) is 0 Å². The minimum atomic E-state index is -1.67. The molecule has 0 fully saturated rings. The van der Waals surface area contributed by atoms with Gasteiger partial charge in [-0.3, -0.25) is 4.79 Å². The van der Waals surface area contributed by atoms with E-state index in [9.17, 15) is 22.4 Å². The van der Waals surface area contributed by atoms with Crippen molar-refractivity contribution in [3.63, 3.8) is 0 Å². The molecule has 0 aliphatic rings. The van der Waals surface area contributed by atoms with Gasteiger partial charge in [0.1, 0.15) is 5.82 Å². The number of benzene rings is 2. The largest absolute Gasteiger partial charge is 0.319 e. The molecular formula is C13H6F4INO. The Hall–Kier alpha value is -1.64. The van der Waals surface area contributed by atoms with E-state index in [1.807, 2.05) is 0 Å². The van der Waals surface area contributed by atoms with Crippen LogP contribution in [0.2, 0.25) is 0 Å². The number of halogens is 5. The third-order valence-corrected chi connectivity index (χ3v) is 3.35. The van der Waals surface area contributed by atoms with Crippen molar-refractivity contribution in [3.05, 3.63) is 62.7 Å². The molecule has 2 aromatic rings. The Bertz CT molecular complexity index is 690. The highest BCUT2D eigenvalue weighted by Crippen LogP contribution is 2.21. The molecule has 0 aliphatic carbocycles. The van der Waals surface area contributed by atoms with E-state index in [1.54, 1.807) is 22.6 Å². The number of rotatable bonds is 2. The number of nitrogens with one attached hydrogen (secondary N) is 1. The zero-order chi connectivity index (χ0) is 14.9. The summed E-state index contributed by atoms with van der Waals surface area (Å²) >= 11 is 1.74. The van der Waals surface area contributed by atoms with Crippen LogP contribution in [0.5, 0.6) is 0 Å². The third-order valence-electron chi connectivity index (χ3n) is 2.46. The van der Waals surface area contributed by atoms with Crippen molar-refractivity contribution in [2.24, 2.45) is 0 Å². The normalized spacial score (nSPS) is 10.4. The second-order valence-corrected chi connectivity index (χ2v) is 4.96. The van der Waals surface area contributed by atoms with E-state index in [2.05, 4.69) is 5.32 Å². The molecule has 104 valence electrons. The number of amides is 1. The molecule has 1 amide bonds. The molecule has 0 heterocycles. The van der Waals surface area contributed by atoms with Crippen molar-refractivity contribution in [2.45, 2.75) is 0 Å². The maximum Gasteiger partial charge on any atom is 0.256 e. The van der Waals surface area contributed by atoms with Crippen LogP contribution in [0.1, 0.15) is 10.4 Å². The molecule has 0 radical (unpaired) electrons. The SMILES string of the molecule is O=C(Nc1ccc(F)c(F)c1F)c1ccc(F)cc1I. The van der Waals surface area contributed by atoms with Crippen LogP contribution in [0.3, 0.4) is 0 Å². The Labute approximate surface area is 124 Å². The van der Waals surface area contributed by atoms with Gasteiger partial charge in [0.05, 0.1) is 11.3 Å². The van der Waals surface area contributed by atoms with Crippen LogP contribution in [0.15, 0.2) is 30.3 Å². The lowest BCUT2D eigenvalue weighted by molar-refractivity contribution is 0.102. The Kier molecular flexibility index (Phi) is 4.26. The van der Waals surface area contributed by atoms with E-state index in [1.165, 1.54) is 6.07 Å². The van der Waals surface area contributed by atoms with Crippen LogP contribution in [0, 0.1) is 26.8 Å². The quantitative estimate of drug-likeness (QED) is 0.463. The average molecular weight is 395 g/mol. The lowest BCUT2D eigenvalue weighted by Gasteiger charge is -2.08. The van der Waals surface area contributed by atoms with E-state index < -0.39 is 34.9 Å². The third kappa shape index (κ3) is 2.92. The molecule has 2 nitrogen and oxygen atoms in total. The summed E-state index contributed by atoms with van der Waals surface area (Å²) in [4.78, 5) is 11.9. The first kappa shape index (κ1) is 14.8. The first-order valence-electron chi connectivity index (χ1n) is 5.30. The number of hydrogen-bond donors (Lipinski definition) is 1. The van der Waals surface area contributed by atoms with Crippen molar-refractivity contribution in [3.8, 4) is 0 Å².